The number of nitrogens with one attached hydrogen (secondary N) is 1. The second-order valence-electron chi connectivity index (χ2n) is 5.59. The largest absolute Gasteiger partial charge is 0.384 e. The summed E-state index contributed by atoms with van der Waals surface area (Å²) in [7, 11) is 0. The molecule has 0 saturated heterocycles. The summed E-state index contributed by atoms with van der Waals surface area (Å²) in [5.41, 5.74) is 1.67. The third-order valence-corrected chi connectivity index (χ3v) is 4.60. The fraction of sp³-hybridized carbons (Fsp3) is 0.375. The number of para-hydroxylation sites is 2. The van der Waals surface area contributed by atoms with Crippen LogP contribution in [-0.2, 0) is 5.60 Å². The lowest BCUT2D eigenvalue weighted by Gasteiger charge is -2.24. The molecule has 0 aliphatic rings. The number of rotatable bonds is 4. The molecule has 0 bridgehead atoms. The molecule has 110 valence electrons. The lowest BCUT2D eigenvalue weighted by Crippen LogP contribution is -2.25. The van der Waals surface area contributed by atoms with Crippen LogP contribution >= 0.6 is 11.3 Å². The average molecular weight is 301 g/mol. The smallest absolute Gasteiger partial charge is 0.196 e. The minimum atomic E-state index is -0.957. The van der Waals surface area contributed by atoms with Gasteiger partial charge in [0.15, 0.2) is 4.96 Å². The first-order chi connectivity index (χ1) is 10.0. The van der Waals surface area contributed by atoms with Gasteiger partial charge in [-0.05, 0) is 31.5 Å². The maximum Gasteiger partial charge on any atom is 0.196 e. The molecule has 5 heteroatoms. The van der Waals surface area contributed by atoms with Crippen LogP contribution in [0.2, 0.25) is 0 Å². The maximum atomic E-state index is 10.9. The van der Waals surface area contributed by atoms with Gasteiger partial charge in [0, 0.05) is 0 Å². The second kappa shape index (κ2) is 5.24. The first-order valence-corrected chi connectivity index (χ1v) is 8.03. The minimum Gasteiger partial charge on any atom is -0.384 e. The minimum absolute atomic E-state index is 0.421. The van der Waals surface area contributed by atoms with Gasteiger partial charge in [0.2, 0.25) is 0 Å². The van der Waals surface area contributed by atoms with Gasteiger partial charge in [-0.25, -0.2) is 4.98 Å². The van der Waals surface area contributed by atoms with E-state index in [1.165, 1.54) is 11.3 Å². The van der Waals surface area contributed by atoms with Crippen LogP contribution in [0, 0.1) is 5.41 Å². The molecule has 3 rings (SSSR count). The summed E-state index contributed by atoms with van der Waals surface area (Å²) in [6, 6.07) is 9.66. The van der Waals surface area contributed by atoms with Crippen molar-refractivity contribution in [2.75, 3.05) is 0 Å². The van der Waals surface area contributed by atoms with Crippen molar-refractivity contribution in [3.8, 4) is 0 Å². The molecule has 0 amide bonds. The predicted octanol–water partition coefficient (Wildman–Crippen LogP) is 3.43. The number of aromatic nitrogens is 2. The summed E-state index contributed by atoms with van der Waals surface area (Å²) in [4.78, 5) is 5.34. The highest BCUT2D eigenvalue weighted by Crippen LogP contribution is 2.29. The van der Waals surface area contributed by atoms with Crippen molar-refractivity contribution in [2.24, 2.45) is 0 Å². The molecule has 0 saturated carbocycles. The molecular formula is C16H19N3OS. The average Bonchev–Trinajstić information content (AvgIpc) is 2.82. The lowest BCUT2D eigenvalue weighted by molar-refractivity contribution is 0.0401. The predicted molar refractivity (Wildman–Crippen MR) is 85.5 cm³/mol. The van der Waals surface area contributed by atoms with E-state index in [0.29, 0.717) is 11.1 Å². The molecule has 2 heterocycles. The number of hydrogen-bond acceptors (Lipinski definition) is 4. The monoisotopic (exact) mass is 301 g/mol. The van der Waals surface area contributed by atoms with Crippen molar-refractivity contribution in [1.29, 1.82) is 5.41 Å². The van der Waals surface area contributed by atoms with E-state index in [4.69, 9.17) is 5.41 Å². The molecule has 0 radical (unpaired) electrons. The fourth-order valence-corrected chi connectivity index (χ4v) is 3.47. The molecule has 0 aliphatic carbocycles. The Balaban J connectivity index is 2.32. The first-order valence-electron chi connectivity index (χ1n) is 7.22. The molecule has 21 heavy (non-hydrogen) atoms. The zero-order valence-corrected chi connectivity index (χ0v) is 13.1. The molecular weight excluding hydrogens is 282 g/mol. The normalized spacial score (nSPS) is 14.6. The van der Waals surface area contributed by atoms with Crippen molar-refractivity contribution in [2.45, 2.75) is 38.7 Å². The zero-order chi connectivity index (χ0) is 15.0. The first kappa shape index (κ1) is 14.2. The number of unbranched alkanes of at least 4 members (excludes halogenated alkanes) is 1. The van der Waals surface area contributed by atoms with Crippen LogP contribution in [0.3, 0.4) is 0 Å². The third-order valence-electron chi connectivity index (χ3n) is 3.81. The summed E-state index contributed by atoms with van der Waals surface area (Å²) in [5, 5.41) is 18.9. The van der Waals surface area contributed by atoms with E-state index in [9.17, 15) is 5.11 Å². The van der Waals surface area contributed by atoms with E-state index in [1.807, 2.05) is 35.6 Å². The molecule has 2 aromatic heterocycles. The van der Waals surface area contributed by atoms with Crippen LogP contribution in [0.15, 0.2) is 30.3 Å². The van der Waals surface area contributed by atoms with Gasteiger partial charge in [-0.3, -0.25) is 9.81 Å². The van der Waals surface area contributed by atoms with E-state index in [-0.39, 0.29) is 0 Å². The van der Waals surface area contributed by atoms with Crippen LogP contribution < -0.4 is 4.67 Å². The van der Waals surface area contributed by atoms with Gasteiger partial charge in [-0.15, -0.1) is 0 Å². The van der Waals surface area contributed by atoms with Gasteiger partial charge < -0.3 is 5.11 Å². The summed E-state index contributed by atoms with van der Waals surface area (Å²) in [5.74, 6) is 0. The number of hydrogen-bond donors (Lipinski definition) is 2. The van der Waals surface area contributed by atoms with Gasteiger partial charge in [-0.2, -0.15) is 0 Å². The Morgan fingerprint density at radius 3 is 2.90 bits per heavy atom. The van der Waals surface area contributed by atoms with Crippen LogP contribution in [0.5, 0.6) is 0 Å². The molecule has 0 fully saturated rings. The van der Waals surface area contributed by atoms with E-state index >= 15 is 0 Å². The molecule has 3 aromatic rings. The highest BCUT2D eigenvalue weighted by Gasteiger charge is 2.26. The summed E-state index contributed by atoms with van der Waals surface area (Å²) in [6.07, 6.45) is 2.67. The third kappa shape index (κ3) is 2.47. The van der Waals surface area contributed by atoms with Crippen LogP contribution in [0.1, 0.15) is 38.8 Å². The molecule has 4 nitrogen and oxygen atoms in total. The topological polar surface area (TPSA) is 61.4 Å². The number of imidazole rings is 1. The van der Waals surface area contributed by atoms with Gasteiger partial charge in [0.25, 0.3) is 0 Å². The standard InChI is InChI=1S/C16H19N3OS/c1-3-4-9-16(2,20)13-10-14(17)21-15-18-11-7-5-6-8-12(11)19(13)15/h5-8,10,17,20H,3-4,9H2,1-2H3/t16-/m1/s1. The van der Waals surface area contributed by atoms with E-state index in [0.717, 1.165) is 34.5 Å². The Morgan fingerprint density at radius 1 is 1.38 bits per heavy atom. The van der Waals surface area contributed by atoms with Crippen molar-refractivity contribution in [1.82, 2.24) is 9.38 Å². The van der Waals surface area contributed by atoms with Gasteiger partial charge >= 0.3 is 0 Å². The van der Waals surface area contributed by atoms with Gasteiger partial charge in [0.1, 0.15) is 10.3 Å². The van der Waals surface area contributed by atoms with Crippen molar-refractivity contribution < 1.29 is 5.11 Å². The number of nitrogens with zero attached hydrogens (tertiary/aromatic N) is 2. The summed E-state index contributed by atoms with van der Waals surface area (Å²) < 4.78 is 2.41. The summed E-state index contributed by atoms with van der Waals surface area (Å²) >= 11 is 1.33. The summed E-state index contributed by atoms with van der Waals surface area (Å²) in [6.45, 7) is 3.94. The van der Waals surface area contributed by atoms with Crippen molar-refractivity contribution >= 4 is 27.3 Å². The molecule has 1 aromatic carbocycles. The van der Waals surface area contributed by atoms with Gasteiger partial charge in [-0.1, -0.05) is 43.2 Å². The molecule has 1 atom stereocenters. The van der Waals surface area contributed by atoms with E-state index < -0.39 is 5.60 Å². The van der Waals surface area contributed by atoms with E-state index in [1.54, 1.807) is 6.07 Å². The Kier molecular flexibility index (Phi) is 3.55. The van der Waals surface area contributed by atoms with Crippen LogP contribution in [0.25, 0.3) is 16.0 Å². The highest BCUT2D eigenvalue weighted by molar-refractivity contribution is 7.14. The zero-order valence-electron chi connectivity index (χ0n) is 12.3. The SMILES string of the molecule is CCCC[C@@](C)(O)c1cc(=N)sc2nc3ccccc3n12. The Bertz CT molecular complexity index is 847. The van der Waals surface area contributed by atoms with Crippen LogP contribution in [-0.4, -0.2) is 14.5 Å². The Labute approximate surface area is 127 Å². The Hall–Kier alpha value is -1.72. The van der Waals surface area contributed by atoms with Crippen molar-refractivity contribution in [3.63, 3.8) is 0 Å². The van der Waals surface area contributed by atoms with Crippen LogP contribution in [0.4, 0.5) is 0 Å². The van der Waals surface area contributed by atoms with Crippen molar-refractivity contribution in [3.05, 3.63) is 40.7 Å². The molecule has 0 unspecified atom stereocenters. The lowest BCUT2D eigenvalue weighted by atomic mass is 9.95. The molecule has 0 spiro atoms. The highest BCUT2D eigenvalue weighted by atomic mass is 32.1. The second-order valence-corrected chi connectivity index (χ2v) is 6.60. The number of aliphatic hydroxyl groups is 1. The maximum absolute atomic E-state index is 10.9. The van der Waals surface area contributed by atoms with E-state index in [2.05, 4.69) is 11.9 Å². The number of fused-ring (bicyclic) bond motifs is 3. The fourth-order valence-electron chi connectivity index (χ4n) is 2.67. The van der Waals surface area contributed by atoms with Gasteiger partial charge in [0.05, 0.1) is 16.7 Å². The number of benzene rings is 1. The quantitative estimate of drug-likeness (QED) is 0.775. The molecule has 0 aliphatic heterocycles. The Morgan fingerprint density at radius 2 is 2.14 bits per heavy atom. The molecule has 2 N–H and O–H groups in total.